The second kappa shape index (κ2) is 7.34. The number of aryl methyl sites for hydroxylation is 1. The van der Waals surface area contributed by atoms with Crippen LogP contribution < -0.4 is 10.6 Å². The molecule has 1 heterocycles. The van der Waals surface area contributed by atoms with Gasteiger partial charge in [-0.25, -0.2) is 22.0 Å². The van der Waals surface area contributed by atoms with Gasteiger partial charge in [0, 0.05) is 6.54 Å². The van der Waals surface area contributed by atoms with E-state index >= 15 is 0 Å². The standard InChI is InChI=1S/C15H15F5N4S/c1-4-21-15(25)22-14-6(2)23-24(7(14)3)5-8-9(16)11(18)13(20)12(19)10(8)17/h4-5H2,1-3H3,(H2,21,22,25). The lowest BCUT2D eigenvalue weighted by Gasteiger charge is -2.11. The van der Waals surface area contributed by atoms with Crippen LogP contribution in [0.25, 0.3) is 0 Å². The first kappa shape index (κ1) is 19.1. The predicted octanol–water partition coefficient (Wildman–Crippen LogP) is 3.55. The Morgan fingerprint density at radius 3 is 2.04 bits per heavy atom. The van der Waals surface area contributed by atoms with Crippen molar-refractivity contribution in [2.45, 2.75) is 27.3 Å². The summed E-state index contributed by atoms with van der Waals surface area (Å²) in [5.74, 6) is -9.90. The molecule has 0 aliphatic carbocycles. The maximum absolute atomic E-state index is 13.8. The summed E-state index contributed by atoms with van der Waals surface area (Å²) in [6.45, 7) is 5.03. The van der Waals surface area contributed by atoms with Crippen LogP contribution in [0.1, 0.15) is 23.9 Å². The van der Waals surface area contributed by atoms with E-state index < -0.39 is 41.2 Å². The summed E-state index contributed by atoms with van der Waals surface area (Å²) in [7, 11) is 0. The summed E-state index contributed by atoms with van der Waals surface area (Å²) in [5, 5.41) is 10.2. The molecule has 0 unspecified atom stereocenters. The first-order chi connectivity index (χ1) is 11.7. The zero-order chi connectivity index (χ0) is 18.9. The Morgan fingerprint density at radius 2 is 1.52 bits per heavy atom. The van der Waals surface area contributed by atoms with Crippen molar-refractivity contribution in [2.24, 2.45) is 0 Å². The van der Waals surface area contributed by atoms with Gasteiger partial charge in [0.25, 0.3) is 0 Å². The Balaban J connectivity index is 2.42. The van der Waals surface area contributed by atoms with Crippen LogP contribution in [0.2, 0.25) is 0 Å². The summed E-state index contributed by atoms with van der Waals surface area (Å²) < 4.78 is 68.6. The van der Waals surface area contributed by atoms with Crippen LogP contribution in [0.15, 0.2) is 0 Å². The lowest BCUT2D eigenvalue weighted by Crippen LogP contribution is -2.28. The number of halogens is 5. The molecule has 0 atom stereocenters. The minimum Gasteiger partial charge on any atom is -0.363 e. The average Bonchev–Trinajstić information content (AvgIpc) is 2.83. The summed E-state index contributed by atoms with van der Waals surface area (Å²) >= 11 is 5.06. The molecular formula is C15H15F5N4S. The number of aromatic nitrogens is 2. The van der Waals surface area contributed by atoms with Gasteiger partial charge in [0.15, 0.2) is 28.4 Å². The molecule has 2 N–H and O–H groups in total. The van der Waals surface area contributed by atoms with Gasteiger partial charge in [-0.2, -0.15) is 5.10 Å². The zero-order valence-electron chi connectivity index (χ0n) is 13.6. The Bertz CT molecular complexity index is 805. The van der Waals surface area contributed by atoms with Crippen molar-refractivity contribution >= 4 is 23.0 Å². The third-order valence-corrected chi connectivity index (χ3v) is 3.81. The van der Waals surface area contributed by atoms with Gasteiger partial charge in [-0.1, -0.05) is 0 Å². The molecule has 0 amide bonds. The van der Waals surface area contributed by atoms with Crippen molar-refractivity contribution in [3.8, 4) is 0 Å². The molecule has 2 aromatic rings. The van der Waals surface area contributed by atoms with Crippen LogP contribution in [0.4, 0.5) is 27.6 Å². The van der Waals surface area contributed by atoms with E-state index in [0.717, 1.165) is 4.68 Å². The molecule has 0 spiro atoms. The second-order valence-electron chi connectivity index (χ2n) is 5.24. The molecule has 0 saturated heterocycles. The van der Waals surface area contributed by atoms with E-state index in [-0.39, 0.29) is 0 Å². The van der Waals surface area contributed by atoms with Crippen molar-refractivity contribution in [1.29, 1.82) is 0 Å². The van der Waals surface area contributed by atoms with Crippen molar-refractivity contribution in [3.63, 3.8) is 0 Å². The summed E-state index contributed by atoms with van der Waals surface area (Å²) in [5.41, 5.74) is 0.431. The van der Waals surface area contributed by atoms with Gasteiger partial charge in [-0.05, 0) is 33.0 Å². The normalized spacial score (nSPS) is 10.9. The summed E-state index contributed by atoms with van der Waals surface area (Å²) in [6.07, 6.45) is 0. The number of nitrogens with one attached hydrogen (secondary N) is 2. The van der Waals surface area contributed by atoms with Crippen LogP contribution in [-0.2, 0) is 6.54 Å². The van der Waals surface area contributed by atoms with E-state index in [1.165, 1.54) is 0 Å². The molecule has 0 aliphatic rings. The molecule has 2 rings (SSSR count). The van der Waals surface area contributed by atoms with E-state index in [4.69, 9.17) is 12.2 Å². The highest BCUT2D eigenvalue weighted by Crippen LogP contribution is 2.26. The molecule has 25 heavy (non-hydrogen) atoms. The topological polar surface area (TPSA) is 41.9 Å². The van der Waals surface area contributed by atoms with Gasteiger partial charge in [0.05, 0.1) is 29.2 Å². The third-order valence-electron chi connectivity index (χ3n) is 3.57. The Labute approximate surface area is 146 Å². The van der Waals surface area contributed by atoms with Gasteiger partial charge in [0.1, 0.15) is 0 Å². The van der Waals surface area contributed by atoms with Crippen molar-refractivity contribution in [3.05, 3.63) is 46.0 Å². The maximum Gasteiger partial charge on any atom is 0.200 e. The SMILES string of the molecule is CCNC(=S)Nc1c(C)nn(Cc2c(F)c(F)c(F)c(F)c2F)c1C. The molecule has 0 fully saturated rings. The first-order valence-corrected chi connectivity index (χ1v) is 7.68. The van der Waals surface area contributed by atoms with Crippen molar-refractivity contribution in [1.82, 2.24) is 15.1 Å². The monoisotopic (exact) mass is 378 g/mol. The van der Waals surface area contributed by atoms with E-state index in [2.05, 4.69) is 15.7 Å². The summed E-state index contributed by atoms with van der Waals surface area (Å²) in [4.78, 5) is 0. The Morgan fingerprint density at radius 1 is 1.00 bits per heavy atom. The molecule has 0 saturated carbocycles. The molecule has 1 aromatic carbocycles. The smallest absolute Gasteiger partial charge is 0.200 e. The first-order valence-electron chi connectivity index (χ1n) is 7.28. The maximum atomic E-state index is 13.8. The van der Waals surface area contributed by atoms with Crippen molar-refractivity contribution in [2.75, 3.05) is 11.9 Å². The van der Waals surface area contributed by atoms with Crippen LogP contribution >= 0.6 is 12.2 Å². The number of anilines is 1. The highest BCUT2D eigenvalue weighted by molar-refractivity contribution is 7.80. The van der Waals surface area contributed by atoms with Gasteiger partial charge < -0.3 is 10.6 Å². The number of thiocarbonyl (C=S) groups is 1. The molecule has 4 nitrogen and oxygen atoms in total. The number of benzene rings is 1. The highest BCUT2D eigenvalue weighted by Gasteiger charge is 2.26. The van der Waals surface area contributed by atoms with Gasteiger partial charge in [0.2, 0.25) is 5.82 Å². The van der Waals surface area contributed by atoms with Gasteiger partial charge >= 0.3 is 0 Å². The minimum atomic E-state index is -2.19. The molecule has 0 aliphatic heterocycles. The minimum absolute atomic E-state index is 0.324. The van der Waals surface area contributed by atoms with E-state index in [1.54, 1.807) is 13.8 Å². The van der Waals surface area contributed by atoms with Crippen LogP contribution in [-0.4, -0.2) is 21.4 Å². The Hall–Kier alpha value is -2.23. The van der Waals surface area contributed by atoms with E-state index in [1.807, 2.05) is 6.92 Å². The number of rotatable bonds is 4. The molecule has 0 bridgehead atoms. The molecular weight excluding hydrogens is 363 g/mol. The predicted molar refractivity (Wildman–Crippen MR) is 86.9 cm³/mol. The number of nitrogens with zero attached hydrogens (tertiary/aromatic N) is 2. The fourth-order valence-electron chi connectivity index (χ4n) is 2.29. The van der Waals surface area contributed by atoms with E-state index in [0.29, 0.717) is 28.7 Å². The largest absolute Gasteiger partial charge is 0.363 e. The number of hydrogen-bond acceptors (Lipinski definition) is 2. The lowest BCUT2D eigenvalue weighted by atomic mass is 10.1. The molecule has 136 valence electrons. The molecule has 0 radical (unpaired) electrons. The average molecular weight is 378 g/mol. The molecule has 1 aromatic heterocycles. The van der Waals surface area contributed by atoms with E-state index in [9.17, 15) is 22.0 Å². The third kappa shape index (κ3) is 3.58. The Kier molecular flexibility index (Phi) is 5.61. The lowest BCUT2D eigenvalue weighted by molar-refractivity contribution is 0.366. The fraction of sp³-hybridized carbons (Fsp3) is 0.333. The van der Waals surface area contributed by atoms with Gasteiger partial charge in [-0.15, -0.1) is 0 Å². The molecule has 10 heteroatoms. The van der Waals surface area contributed by atoms with Gasteiger partial charge in [-0.3, -0.25) is 4.68 Å². The summed E-state index contributed by atoms with van der Waals surface area (Å²) in [6, 6.07) is 0. The highest BCUT2D eigenvalue weighted by atomic mass is 32.1. The van der Waals surface area contributed by atoms with Crippen molar-refractivity contribution < 1.29 is 22.0 Å². The quantitative estimate of drug-likeness (QED) is 0.370. The number of hydrogen-bond donors (Lipinski definition) is 2. The second-order valence-corrected chi connectivity index (χ2v) is 5.64. The zero-order valence-corrected chi connectivity index (χ0v) is 14.4. The fourth-order valence-corrected chi connectivity index (χ4v) is 2.54. The van der Waals surface area contributed by atoms with Crippen LogP contribution in [0, 0.1) is 42.9 Å². The van der Waals surface area contributed by atoms with Crippen LogP contribution in [0.5, 0.6) is 0 Å². The van der Waals surface area contributed by atoms with Crippen LogP contribution in [0.3, 0.4) is 0 Å².